The zero-order valence-corrected chi connectivity index (χ0v) is 11.9. The van der Waals surface area contributed by atoms with Gasteiger partial charge in [-0.25, -0.2) is 8.78 Å². The van der Waals surface area contributed by atoms with E-state index in [-0.39, 0.29) is 23.4 Å². The molecule has 1 aliphatic rings. The van der Waals surface area contributed by atoms with Crippen molar-refractivity contribution in [1.82, 2.24) is 15.1 Å². The fourth-order valence-electron chi connectivity index (χ4n) is 2.41. The molecule has 1 aliphatic heterocycles. The number of aromatic amines is 1. The average molecular weight is 300 g/mol. The van der Waals surface area contributed by atoms with Gasteiger partial charge < -0.3 is 10.2 Å². The highest BCUT2D eigenvalue weighted by atomic mass is 19.3. The minimum atomic E-state index is -2.76. The highest BCUT2D eigenvalue weighted by Gasteiger charge is 2.31. The Bertz CT molecular complexity index is 544. The fourth-order valence-corrected chi connectivity index (χ4v) is 2.41. The van der Waals surface area contributed by atoms with Gasteiger partial charge in [0.25, 0.3) is 6.43 Å². The van der Waals surface area contributed by atoms with Gasteiger partial charge in [0, 0.05) is 19.5 Å². The molecule has 0 saturated carbocycles. The van der Waals surface area contributed by atoms with E-state index in [1.807, 2.05) is 0 Å². The number of H-pyrrole nitrogens is 1. The van der Waals surface area contributed by atoms with Crippen molar-refractivity contribution in [1.29, 1.82) is 0 Å². The standard InChI is InChI=1S/C13H18F2N4O2/c1-3-9(20)19-5-4-8(6-19)13(21)16-10-7(2)17-18-11(10)12(14)15/h8,12H,3-6H2,1-2H3,(H,16,21)(H,17,18). The highest BCUT2D eigenvalue weighted by Crippen LogP contribution is 2.28. The topological polar surface area (TPSA) is 78.1 Å². The molecule has 1 atom stereocenters. The van der Waals surface area contributed by atoms with Gasteiger partial charge >= 0.3 is 0 Å². The molecule has 116 valence electrons. The van der Waals surface area contributed by atoms with Crippen LogP contribution >= 0.6 is 0 Å². The summed E-state index contributed by atoms with van der Waals surface area (Å²) in [6, 6.07) is 0. The number of aryl methyl sites for hydroxylation is 1. The molecule has 2 N–H and O–H groups in total. The first-order valence-electron chi connectivity index (χ1n) is 6.85. The van der Waals surface area contributed by atoms with E-state index in [0.717, 1.165) is 0 Å². The first kappa shape index (κ1) is 15.4. The maximum atomic E-state index is 12.8. The summed E-state index contributed by atoms with van der Waals surface area (Å²) in [7, 11) is 0. The Kier molecular flexibility index (Phi) is 4.54. The molecular weight excluding hydrogens is 282 g/mol. The molecule has 21 heavy (non-hydrogen) atoms. The van der Waals surface area contributed by atoms with E-state index in [2.05, 4.69) is 15.5 Å². The molecule has 6 nitrogen and oxygen atoms in total. The molecule has 2 amide bonds. The first-order chi connectivity index (χ1) is 9.93. The summed E-state index contributed by atoms with van der Waals surface area (Å²) in [5.74, 6) is -0.730. The molecule has 0 spiro atoms. The maximum absolute atomic E-state index is 12.8. The highest BCUT2D eigenvalue weighted by molar-refractivity contribution is 5.94. The number of likely N-dealkylation sites (tertiary alicyclic amines) is 1. The summed E-state index contributed by atoms with van der Waals surface area (Å²) in [6.45, 7) is 4.19. The lowest BCUT2D eigenvalue weighted by Gasteiger charge is -2.15. The number of carbonyl (C=O) groups excluding carboxylic acids is 2. The number of hydrogen-bond donors (Lipinski definition) is 2. The van der Waals surface area contributed by atoms with Crippen LogP contribution in [0.2, 0.25) is 0 Å². The predicted octanol–water partition coefficient (Wildman–Crippen LogP) is 1.85. The lowest BCUT2D eigenvalue weighted by atomic mass is 10.1. The number of amides is 2. The smallest absolute Gasteiger partial charge is 0.284 e. The Hall–Kier alpha value is -1.99. The molecule has 1 fully saturated rings. The van der Waals surface area contributed by atoms with Crippen molar-refractivity contribution in [2.24, 2.45) is 5.92 Å². The van der Waals surface area contributed by atoms with Crippen molar-refractivity contribution >= 4 is 17.5 Å². The molecule has 2 heterocycles. The second-order valence-corrected chi connectivity index (χ2v) is 5.08. The summed E-state index contributed by atoms with van der Waals surface area (Å²) < 4.78 is 25.6. The van der Waals surface area contributed by atoms with Gasteiger partial charge in [-0.05, 0) is 13.3 Å². The number of nitrogens with zero attached hydrogens (tertiary/aromatic N) is 2. The van der Waals surface area contributed by atoms with Crippen molar-refractivity contribution in [2.45, 2.75) is 33.1 Å². The van der Waals surface area contributed by atoms with E-state index >= 15 is 0 Å². The van der Waals surface area contributed by atoms with Gasteiger partial charge in [-0.2, -0.15) is 5.10 Å². The quantitative estimate of drug-likeness (QED) is 0.891. The minimum absolute atomic E-state index is 0.00180. The number of carbonyl (C=O) groups is 2. The Labute approximate surface area is 120 Å². The Morgan fingerprint density at radius 1 is 1.52 bits per heavy atom. The van der Waals surface area contributed by atoms with Crippen LogP contribution in [-0.4, -0.2) is 40.0 Å². The summed E-state index contributed by atoms with van der Waals surface area (Å²) in [6.07, 6.45) is -1.82. The van der Waals surface area contributed by atoms with Crippen LogP contribution in [-0.2, 0) is 9.59 Å². The molecule has 1 aromatic rings. The van der Waals surface area contributed by atoms with E-state index in [9.17, 15) is 18.4 Å². The number of anilines is 1. The number of nitrogens with one attached hydrogen (secondary N) is 2. The minimum Gasteiger partial charge on any atom is -0.342 e. The summed E-state index contributed by atoms with van der Waals surface area (Å²) in [5, 5.41) is 8.45. The molecule has 2 rings (SSSR count). The first-order valence-corrected chi connectivity index (χ1v) is 6.85. The third kappa shape index (κ3) is 3.20. The summed E-state index contributed by atoms with van der Waals surface area (Å²) in [5.41, 5.74) is -0.0336. The number of hydrogen-bond acceptors (Lipinski definition) is 3. The van der Waals surface area contributed by atoms with Crippen molar-refractivity contribution in [2.75, 3.05) is 18.4 Å². The van der Waals surface area contributed by atoms with Gasteiger partial charge in [-0.1, -0.05) is 6.92 Å². The van der Waals surface area contributed by atoms with Crippen LogP contribution in [0.1, 0.15) is 37.6 Å². The number of halogens is 2. The normalized spacial score (nSPS) is 18.3. The van der Waals surface area contributed by atoms with Gasteiger partial charge in [0.1, 0.15) is 0 Å². The molecular formula is C13H18F2N4O2. The predicted molar refractivity (Wildman–Crippen MR) is 71.9 cm³/mol. The van der Waals surface area contributed by atoms with Crippen molar-refractivity contribution in [3.8, 4) is 0 Å². The van der Waals surface area contributed by atoms with Gasteiger partial charge in [0.05, 0.1) is 17.3 Å². The average Bonchev–Trinajstić information content (AvgIpc) is 3.06. The van der Waals surface area contributed by atoms with Crippen LogP contribution in [0, 0.1) is 12.8 Å². The van der Waals surface area contributed by atoms with Crippen LogP contribution in [0.25, 0.3) is 0 Å². The van der Waals surface area contributed by atoms with Gasteiger partial charge in [-0.3, -0.25) is 14.7 Å². The van der Waals surface area contributed by atoms with Crippen LogP contribution in [0.15, 0.2) is 0 Å². The van der Waals surface area contributed by atoms with Crippen LogP contribution in [0.4, 0.5) is 14.5 Å². The summed E-state index contributed by atoms with van der Waals surface area (Å²) in [4.78, 5) is 25.4. The van der Waals surface area contributed by atoms with Crippen LogP contribution < -0.4 is 5.32 Å². The lowest BCUT2D eigenvalue weighted by Crippen LogP contribution is -2.31. The van der Waals surface area contributed by atoms with Gasteiger partial charge in [-0.15, -0.1) is 0 Å². The van der Waals surface area contributed by atoms with Crippen molar-refractivity contribution in [3.63, 3.8) is 0 Å². The Morgan fingerprint density at radius 2 is 2.24 bits per heavy atom. The van der Waals surface area contributed by atoms with Crippen LogP contribution in [0.3, 0.4) is 0 Å². The monoisotopic (exact) mass is 300 g/mol. The zero-order valence-electron chi connectivity index (χ0n) is 11.9. The van der Waals surface area contributed by atoms with E-state index in [1.165, 1.54) is 0 Å². The SMILES string of the molecule is CCC(=O)N1CCC(C(=O)Nc2c(C(F)F)n[nH]c2C)C1. The maximum Gasteiger partial charge on any atom is 0.284 e. The van der Waals surface area contributed by atoms with E-state index in [1.54, 1.807) is 18.7 Å². The Morgan fingerprint density at radius 3 is 2.86 bits per heavy atom. The largest absolute Gasteiger partial charge is 0.342 e. The van der Waals surface area contributed by atoms with E-state index in [0.29, 0.717) is 31.6 Å². The molecule has 1 saturated heterocycles. The fraction of sp³-hybridized carbons (Fsp3) is 0.615. The Balaban J connectivity index is 2.03. The second-order valence-electron chi connectivity index (χ2n) is 5.08. The molecule has 0 radical (unpaired) electrons. The third-order valence-electron chi connectivity index (χ3n) is 3.64. The zero-order chi connectivity index (χ0) is 15.6. The number of aromatic nitrogens is 2. The lowest BCUT2D eigenvalue weighted by molar-refractivity contribution is -0.130. The van der Waals surface area contributed by atoms with Crippen molar-refractivity contribution in [3.05, 3.63) is 11.4 Å². The molecule has 0 aromatic carbocycles. The number of rotatable bonds is 4. The third-order valence-corrected chi connectivity index (χ3v) is 3.64. The van der Waals surface area contributed by atoms with Crippen molar-refractivity contribution < 1.29 is 18.4 Å². The van der Waals surface area contributed by atoms with E-state index < -0.39 is 12.1 Å². The second kappa shape index (κ2) is 6.19. The number of alkyl halides is 2. The molecule has 1 aromatic heterocycles. The molecule has 0 aliphatic carbocycles. The van der Waals surface area contributed by atoms with Crippen LogP contribution in [0.5, 0.6) is 0 Å². The van der Waals surface area contributed by atoms with E-state index in [4.69, 9.17) is 0 Å². The molecule has 8 heteroatoms. The van der Waals surface area contributed by atoms with Gasteiger partial charge in [0.15, 0.2) is 5.69 Å². The summed E-state index contributed by atoms with van der Waals surface area (Å²) >= 11 is 0. The molecule has 1 unspecified atom stereocenters. The molecule has 0 bridgehead atoms. The van der Waals surface area contributed by atoms with Gasteiger partial charge in [0.2, 0.25) is 11.8 Å².